The first-order valence-electron chi connectivity index (χ1n) is 5.37. The van der Waals surface area contributed by atoms with Gasteiger partial charge in [0.25, 0.3) is 0 Å². The summed E-state index contributed by atoms with van der Waals surface area (Å²) in [6.45, 7) is 6.31. The second-order valence-electron chi connectivity index (χ2n) is 4.97. The van der Waals surface area contributed by atoms with Gasteiger partial charge in [-0.1, -0.05) is 0 Å². The van der Waals surface area contributed by atoms with Gasteiger partial charge in [0, 0.05) is 13.1 Å². The van der Waals surface area contributed by atoms with Gasteiger partial charge in [0.1, 0.15) is 5.60 Å². The molecule has 0 aromatic rings. The van der Waals surface area contributed by atoms with Crippen molar-refractivity contribution in [2.24, 2.45) is 0 Å². The minimum absolute atomic E-state index is 0.304. The molecule has 0 radical (unpaired) electrons. The Morgan fingerprint density at radius 2 is 2.12 bits per heavy atom. The smallest absolute Gasteiger partial charge is 0.410 e. The number of likely N-dealkylation sites (tertiary alicyclic amines) is 1. The van der Waals surface area contributed by atoms with E-state index in [9.17, 15) is 9.00 Å². The first-order chi connectivity index (χ1) is 7.29. The lowest BCUT2D eigenvalue weighted by atomic mass is 10.1. The second kappa shape index (κ2) is 5.14. The van der Waals surface area contributed by atoms with Crippen molar-refractivity contribution in [1.82, 2.24) is 4.90 Å². The Morgan fingerprint density at radius 3 is 2.62 bits per heavy atom. The van der Waals surface area contributed by atoms with E-state index in [1.807, 2.05) is 0 Å². The summed E-state index contributed by atoms with van der Waals surface area (Å²) in [5.41, 5.74) is -0.525. The van der Waals surface area contributed by atoms with Crippen molar-refractivity contribution < 1.29 is 18.3 Å². The van der Waals surface area contributed by atoms with Crippen LogP contribution in [0.3, 0.4) is 0 Å². The number of amides is 1. The van der Waals surface area contributed by atoms with Crippen molar-refractivity contribution in [3.05, 3.63) is 0 Å². The fourth-order valence-electron chi connectivity index (χ4n) is 1.60. The average Bonchev–Trinajstić information content (AvgIpc) is 2.15. The van der Waals surface area contributed by atoms with Gasteiger partial charge in [-0.15, -0.1) is 0 Å². The summed E-state index contributed by atoms with van der Waals surface area (Å²) < 4.78 is 25.2. The molecule has 0 aromatic carbocycles. The molecule has 1 saturated heterocycles. The summed E-state index contributed by atoms with van der Waals surface area (Å²) in [5.74, 6) is 0. The molecule has 6 heteroatoms. The number of hydrogen-bond donors (Lipinski definition) is 1. The molecule has 1 N–H and O–H groups in total. The largest absolute Gasteiger partial charge is 0.444 e. The number of rotatable bonds is 1. The third-order valence-electron chi connectivity index (χ3n) is 2.32. The molecule has 16 heavy (non-hydrogen) atoms. The lowest BCUT2D eigenvalue weighted by Crippen LogP contribution is -2.45. The maximum absolute atomic E-state index is 11.7. The normalized spacial score (nSPS) is 24.0. The number of hydrogen-bond acceptors (Lipinski definition) is 3. The molecule has 0 bridgehead atoms. The quantitative estimate of drug-likeness (QED) is 0.717. The predicted molar refractivity (Wildman–Crippen MR) is 61.6 cm³/mol. The second-order valence-corrected chi connectivity index (χ2v) is 6.19. The van der Waals surface area contributed by atoms with Crippen LogP contribution in [-0.2, 0) is 15.8 Å². The van der Waals surface area contributed by atoms with Gasteiger partial charge in [-0.2, -0.15) is 0 Å². The van der Waals surface area contributed by atoms with Crippen LogP contribution in [0, 0.1) is 0 Å². The maximum atomic E-state index is 11.7. The van der Waals surface area contributed by atoms with Crippen LogP contribution >= 0.6 is 0 Å². The fraction of sp³-hybridized carbons (Fsp3) is 0.900. The van der Waals surface area contributed by atoms with Gasteiger partial charge in [-0.05, 0) is 33.6 Å². The summed E-state index contributed by atoms with van der Waals surface area (Å²) in [7, 11) is 0. The fourth-order valence-corrected chi connectivity index (χ4v) is 2.27. The van der Waals surface area contributed by atoms with Gasteiger partial charge in [-0.25, -0.2) is 9.00 Å². The minimum Gasteiger partial charge on any atom is -0.444 e. The summed E-state index contributed by atoms with van der Waals surface area (Å²) in [6, 6.07) is 0. The molecule has 2 atom stereocenters. The molecule has 1 aliphatic rings. The highest BCUT2D eigenvalue weighted by Crippen LogP contribution is 2.17. The number of piperidine rings is 1. The Labute approximate surface area is 98.4 Å². The van der Waals surface area contributed by atoms with Gasteiger partial charge in [0.2, 0.25) is 0 Å². The summed E-state index contributed by atoms with van der Waals surface area (Å²) in [4.78, 5) is 13.2. The topological polar surface area (TPSA) is 66.8 Å². The van der Waals surface area contributed by atoms with Crippen LogP contribution in [-0.4, -0.2) is 43.7 Å². The van der Waals surface area contributed by atoms with Crippen LogP contribution in [0.5, 0.6) is 0 Å². The van der Waals surface area contributed by atoms with E-state index in [1.165, 1.54) is 4.90 Å². The van der Waals surface area contributed by atoms with E-state index in [4.69, 9.17) is 9.29 Å². The summed E-state index contributed by atoms with van der Waals surface area (Å²) in [6.07, 6.45) is 1.03. The molecule has 1 aliphatic heterocycles. The van der Waals surface area contributed by atoms with Crippen LogP contribution in [0.4, 0.5) is 4.79 Å². The third kappa shape index (κ3) is 4.09. The average molecular weight is 249 g/mol. The molecule has 94 valence electrons. The van der Waals surface area contributed by atoms with E-state index in [0.29, 0.717) is 19.5 Å². The Morgan fingerprint density at radius 1 is 1.50 bits per heavy atom. The van der Waals surface area contributed by atoms with Crippen LogP contribution in [0.25, 0.3) is 0 Å². The number of nitrogens with zero attached hydrogens (tertiary/aromatic N) is 1. The molecule has 0 aliphatic carbocycles. The lowest BCUT2D eigenvalue weighted by molar-refractivity contribution is 0.0218. The minimum atomic E-state index is -1.86. The standard InChI is InChI=1S/C10H19NO4S/c1-10(2,3)15-9(12)11-6-4-5-8(7-11)16(13)14/h8H,4-7H2,1-3H3,(H,13,14)/t8-/m0/s1. The third-order valence-corrected chi connectivity index (χ3v) is 3.27. The van der Waals surface area contributed by atoms with E-state index in [1.54, 1.807) is 20.8 Å². The first kappa shape index (κ1) is 13.4. The molecule has 1 rings (SSSR count). The Balaban J connectivity index is 2.54. The summed E-state index contributed by atoms with van der Waals surface area (Å²) >= 11 is -1.86. The van der Waals surface area contributed by atoms with E-state index in [2.05, 4.69) is 0 Å². The monoisotopic (exact) mass is 249 g/mol. The molecule has 5 nitrogen and oxygen atoms in total. The molecule has 1 unspecified atom stereocenters. The van der Waals surface area contributed by atoms with Crippen LogP contribution in [0.1, 0.15) is 33.6 Å². The van der Waals surface area contributed by atoms with Gasteiger partial charge >= 0.3 is 6.09 Å². The lowest BCUT2D eigenvalue weighted by Gasteiger charge is -2.32. The highest BCUT2D eigenvalue weighted by molar-refractivity contribution is 7.79. The number of ether oxygens (including phenoxy) is 1. The molecule has 0 aromatic heterocycles. The molecular weight excluding hydrogens is 230 g/mol. The molecule has 1 heterocycles. The van der Waals surface area contributed by atoms with Crippen LogP contribution in [0.15, 0.2) is 0 Å². The zero-order valence-electron chi connectivity index (χ0n) is 9.93. The van der Waals surface area contributed by atoms with Gasteiger partial charge < -0.3 is 14.2 Å². The van der Waals surface area contributed by atoms with Crippen LogP contribution < -0.4 is 0 Å². The Hall–Kier alpha value is -0.620. The molecular formula is C10H19NO4S. The van der Waals surface area contributed by atoms with Crippen molar-refractivity contribution >= 4 is 17.2 Å². The van der Waals surface area contributed by atoms with E-state index >= 15 is 0 Å². The van der Waals surface area contributed by atoms with E-state index < -0.39 is 22.8 Å². The Bertz CT molecular complexity index is 287. The van der Waals surface area contributed by atoms with Crippen molar-refractivity contribution in [3.63, 3.8) is 0 Å². The summed E-state index contributed by atoms with van der Waals surface area (Å²) in [5, 5.41) is -0.346. The van der Waals surface area contributed by atoms with Crippen molar-refractivity contribution in [1.29, 1.82) is 0 Å². The molecule has 1 amide bonds. The Kier molecular flexibility index (Phi) is 4.32. The molecule has 0 spiro atoms. The predicted octanol–water partition coefficient (Wildman–Crippen LogP) is 1.61. The zero-order valence-corrected chi connectivity index (χ0v) is 10.7. The first-order valence-corrected chi connectivity index (χ1v) is 6.54. The van der Waals surface area contributed by atoms with Gasteiger partial charge in [0.15, 0.2) is 11.1 Å². The van der Waals surface area contributed by atoms with E-state index in [0.717, 1.165) is 6.42 Å². The molecule has 1 fully saturated rings. The number of carbonyl (C=O) groups excluding carboxylic acids is 1. The van der Waals surface area contributed by atoms with Crippen molar-refractivity contribution in [2.45, 2.75) is 44.5 Å². The number of carbonyl (C=O) groups is 1. The van der Waals surface area contributed by atoms with E-state index in [-0.39, 0.29) is 5.25 Å². The van der Waals surface area contributed by atoms with Crippen LogP contribution in [0.2, 0.25) is 0 Å². The maximum Gasteiger partial charge on any atom is 0.410 e. The highest BCUT2D eigenvalue weighted by atomic mass is 32.2. The van der Waals surface area contributed by atoms with Gasteiger partial charge in [0.05, 0.1) is 5.25 Å². The zero-order chi connectivity index (χ0) is 12.3. The van der Waals surface area contributed by atoms with Gasteiger partial charge in [-0.3, -0.25) is 0 Å². The van der Waals surface area contributed by atoms with Crippen molar-refractivity contribution in [3.8, 4) is 0 Å². The highest BCUT2D eigenvalue weighted by Gasteiger charge is 2.29. The molecule has 0 saturated carbocycles. The SMILES string of the molecule is CC(C)(C)OC(=O)N1CCC[C@H](S(=O)O)C1. The van der Waals surface area contributed by atoms with Crippen molar-refractivity contribution in [2.75, 3.05) is 13.1 Å².